The molecule has 2 fully saturated rings. The van der Waals surface area contributed by atoms with Crippen LogP contribution in [0.4, 0.5) is 0 Å². The molecule has 2 aliphatic rings. The van der Waals surface area contributed by atoms with E-state index < -0.39 is 11.5 Å². The van der Waals surface area contributed by atoms with Crippen LogP contribution in [0, 0.1) is 5.92 Å². The van der Waals surface area contributed by atoms with Crippen molar-refractivity contribution in [1.82, 2.24) is 4.90 Å². The summed E-state index contributed by atoms with van der Waals surface area (Å²) in [5.41, 5.74) is -0.589. The lowest BCUT2D eigenvalue weighted by Crippen LogP contribution is -2.56. The van der Waals surface area contributed by atoms with Crippen LogP contribution in [0.25, 0.3) is 0 Å². The van der Waals surface area contributed by atoms with Crippen molar-refractivity contribution < 1.29 is 9.90 Å². The minimum Gasteiger partial charge on any atom is -0.480 e. The van der Waals surface area contributed by atoms with Crippen LogP contribution >= 0.6 is 0 Å². The summed E-state index contributed by atoms with van der Waals surface area (Å²) in [6, 6.07) is 0. The molecule has 0 aromatic heterocycles. The smallest absolute Gasteiger partial charge is 0.323 e. The van der Waals surface area contributed by atoms with E-state index in [0.717, 1.165) is 38.3 Å². The topological polar surface area (TPSA) is 40.5 Å². The minimum absolute atomic E-state index is 0.589. The van der Waals surface area contributed by atoms with Crippen molar-refractivity contribution in [3.05, 3.63) is 0 Å². The summed E-state index contributed by atoms with van der Waals surface area (Å²) in [6.07, 6.45) is 6.97. The second kappa shape index (κ2) is 4.12. The van der Waals surface area contributed by atoms with Crippen LogP contribution in [0.2, 0.25) is 0 Å². The van der Waals surface area contributed by atoms with Crippen molar-refractivity contribution in [3.8, 4) is 0 Å². The predicted molar refractivity (Wildman–Crippen MR) is 58.8 cm³/mol. The molecule has 0 radical (unpaired) electrons. The highest BCUT2D eigenvalue weighted by atomic mass is 16.4. The second-order valence-electron chi connectivity index (χ2n) is 5.28. The van der Waals surface area contributed by atoms with Gasteiger partial charge in [0.2, 0.25) is 0 Å². The van der Waals surface area contributed by atoms with Gasteiger partial charge in [-0.15, -0.1) is 0 Å². The van der Waals surface area contributed by atoms with Crippen LogP contribution < -0.4 is 0 Å². The molecule has 1 saturated carbocycles. The quantitative estimate of drug-likeness (QED) is 0.777. The molecule has 0 spiro atoms. The van der Waals surface area contributed by atoms with Crippen LogP contribution in [0.3, 0.4) is 0 Å². The van der Waals surface area contributed by atoms with Gasteiger partial charge in [-0.25, -0.2) is 0 Å². The van der Waals surface area contributed by atoms with E-state index in [-0.39, 0.29) is 0 Å². The first-order chi connectivity index (χ1) is 7.13. The highest BCUT2D eigenvalue weighted by Crippen LogP contribution is 2.33. The number of carboxylic acid groups (broad SMARTS) is 1. The molecule has 1 unspecified atom stereocenters. The number of rotatable bonds is 3. The fourth-order valence-electron chi connectivity index (χ4n) is 2.70. The predicted octanol–water partition coefficient (Wildman–Crippen LogP) is 2.12. The molecule has 0 amide bonds. The minimum atomic E-state index is -0.637. The van der Waals surface area contributed by atoms with Gasteiger partial charge in [-0.2, -0.15) is 0 Å². The van der Waals surface area contributed by atoms with Gasteiger partial charge in [0.25, 0.3) is 0 Å². The molecule has 1 N–H and O–H groups in total. The highest BCUT2D eigenvalue weighted by Gasteiger charge is 2.42. The first-order valence-electron chi connectivity index (χ1n) is 6.11. The van der Waals surface area contributed by atoms with E-state index in [1.54, 1.807) is 0 Å². The van der Waals surface area contributed by atoms with Gasteiger partial charge >= 0.3 is 5.97 Å². The largest absolute Gasteiger partial charge is 0.480 e. The maximum atomic E-state index is 11.3. The summed E-state index contributed by atoms with van der Waals surface area (Å²) in [4.78, 5) is 13.5. The molecular weight excluding hydrogens is 190 g/mol. The van der Waals surface area contributed by atoms with E-state index in [1.165, 1.54) is 19.3 Å². The van der Waals surface area contributed by atoms with E-state index in [9.17, 15) is 9.90 Å². The third-order valence-corrected chi connectivity index (χ3v) is 4.20. The molecule has 86 valence electrons. The standard InChI is InChI=1S/C12H21NO2/c1-12(11(14)15)7-2-3-8-13(12)9-10-5-4-6-10/h10H,2-9H2,1H3,(H,14,15). The van der Waals surface area contributed by atoms with Crippen molar-refractivity contribution in [2.45, 2.75) is 51.0 Å². The number of carboxylic acids is 1. The number of aliphatic carboxylic acids is 1. The number of likely N-dealkylation sites (tertiary alicyclic amines) is 1. The van der Waals surface area contributed by atoms with Crippen LogP contribution in [0.15, 0.2) is 0 Å². The van der Waals surface area contributed by atoms with E-state index in [0.29, 0.717) is 0 Å². The summed E-state index contributed by atoms with van der Waals surface area (Å²) >= 11 is 0. The normalized spacial score (nSPS) is 33.7. The van der Waals surface area contributed by atoms with Gasteiger partial charge < -0.3 is 5.11 Å². The van der Waals surface area contributed by atoms with Gasteiger partial charge in [0.1, 0.15) is 5.54 Å². The molecule has 1 atom stereocenters. The molecule has 2 rings (SSSR count). The van der Waals surface area contributed by atoms with Gasteiger partial charge in [0.15, 0.2) is 0 Å². The first-order valence-corrected chi connectivity index (χ1v) is 6.11. The summed E-state index contributed by atoms with van der Waals surface area (Å²) in [5.74, 6) is 0.128. The Hall–Kier alpha value is -0.570. The fourth-order valence-corrected chi connectivity index (χ4v) is 2.70. The Morgan fingerprint density at radius 2 is 2.13 bits per heavy atom. The van der Waals surface area contributed by atoms with E-state index in [2.05, 4.69) is 4.90 Å². The maximum absolute atomic E-state index is 11.3. The van der Waals surface area contributed by atoms with E-state index in [1.807, 2.05) is 6.92 Å². The third-order valence-electron chi connectivity index (χ3n) is 4.20. The Morgan fingerprint density at radius 3 is 2.67 bits per heavy atom. The zero-order chi connectivity index (χ0) is 10.9. The first kappa shape index (κ1) is 10.9. The Kier molecular flexibility index (Phi) is 3.01. The highest BCUT2D eigenvalue weighted by molar-refractivity contribution is 5.78. The molecule has 1 aliphatic carbocycles. The van der Waals surface area contributed by atoms with Crippen LogP contribution in [0.5, 0.6) is 0 Å². The van der Waals surface area contributed by atoms with Gasteiger partial charge in [0, 0.05) is 6.54 Å². The average molecular weight is 211 g/mol. The summed E-state index contributed by atoms with van der Waals surface area (Å²) in [6.45, 7) is 3.87. The molecule has 3 nitrogen and oxygen atoms in total. The lowest BCUT2D eigenvalue weighted by molar-refractivity contribution is -0.153. The van der Waals surface area contributed by atoms with Crippen LogP contribution in [-0.2, 0) is 4.79 Å². The molecule has 15 heavy (non-hydrogen) atoms. The molecular formula is C12H21NO2. The number of carbonyl (C=O) groups is 1. The molecule has 1 aliphatic heterocycles. The van der Waals surface area contributed by atoms with E-state index in [4.69, 9.17) is 0 Å². The monoisotopic (exact) mass is 211 g/mol. The second-order valence-corrected chi connectivity index (χ2v) is 5.28. The van der Waals surface area contributed by atoms with Crippen molar-refractivity contribution in [2.24, 2.45) is 5.92 Å². The maximum Gasteiger partial charge on any atom is 0.323 e. The molecule has 0 aromatic carbocycles. The van der Waals surface area contributed by atoms with Gasteiger partial charge in [-0.3, -0.25) is 9.69 Å². The number of nitrogens with zero attached hydrogens (tertiary/aromatic N) is 1. The third kappa shape index (κ3) is 2.03. The Balaban J connectivity index is 2.01. The summed E-state index contributed by atoms with van der Waals surface area (Å²) in [5, 5.41) is 9.33. The molecule has 0 aromatic rings. The lowest BCUT2D eigenvalue weighted by atomic mass is 9.81. The summed E-state index contributed by atoms with van der Waals surface area (Å²) < 4.78 is 0. The molecule has 0 bridgehead atoms. The van der Waals surface area contributed by atoms with Crippen molar-refractivity contribution in [1.29, 1.82) is 0 Å². The molecule has 3 heteroatoms. The van der Waals surface area contributed by atoms with Crippen molar-refractivity contribution >= 4 is 5.97 Å². The zero-order valence-corrected chi connectivity index (χ0v) is 9.54. The number of piperidine rings is 1. The number of hydrogen-bond donors (Lipinski definition) is 1. The van der Waals surface area contributed by atoms with Crippen LogP contribution in [0.1, 0.15) is 45.4 Å². The van der Waals surface area contributed by atoms with Gasteiger partial charge in [-0.05, 0) is 51.5 Å². The van der Waals surface area contributed by atoms with Gasteiger partial charge in [-0.1, -0.05) is 6.42 Å². The molecule has 1 heterocycles. The molecule has 1 saturated heterocycles. The SMILES string of the molecule is CC1(C(=O)O)CCCCN1CC1CCC1. The van der Waals surface area contributed by atoms with E-state index >= 15 is 0 Å². The van der Waals surface area contributed by atoms with Crippen molar-refractivity contribution in [3.63, 3.8) is 0 Å². The summed E-state index contributed by atoms with van der Waals surface area (Å²) in [7, 11) is 0. The zero-order valence-electron chi connectivity index (χ0n) is 9.54. The van der Waals surface area contributed by atoms with Crippen LogP contribution in [-0.4, -0.2) is 34.6 Å². The van der Waals surface area contributed by atoms with Crippen molar-refractivity contribution in [2.75, 3.05) is 13.1 Å². The fraction of sp³-hybridized carbons (Fsp3) is 0.917. The average Bonchev–Trinajstić information content (AvgIpc) is 2.13. The Labute approximate surface area is 91.5 Å². The Bertz CT molecular complexity index is 250. The Morgan fingerprint density at radius 1 is 1.40 bits per heavy atom. The number of hydrogen-bond acceptors (Lipinski definition) is 2. The lowest BCUT2D eigenvalue weighted by Gasteiger charge is -2.44. The van der Waals surface area contributed by atoms with Gasteiger partial charge in [0.05, 0.1) is 0 Å².